The van der Waals surface area contributed by atoms with Crippen LogP contribution in [-0.4, -0.2) is 59.0 Å². The van der Waals surface area contributed by atoms with Gasteiger partial charge in [-0.2, -0.15) is 10.4 Å². The van der Waals surface area contributed by atoms with Crippen LogP contribution in [0.2, 0.25) is 0 Å². The quantitative estimate of drug-likeness (QED) is 0.596. The maximum Gasteiger partial charge on any atom is 0.274 e. The van der Waals surface area contributed by atoms with Crippen molar-refractivity contribution in [1.82, 2.24) is 14.7 Å². The van der Waals surface area contributed by atoms with E-state index in [0.29, 0.717) is 43.0 Å². The molecular formula is C26H25F3N6O. The summed E-state index contributed by atoms with van der Waals surface area (Å²) in [6, 6.07) is 11.6. The van der Waals surface area contributed by atoms with Crippen molar-refractivity contribution < 1.29 is 18.0 Å². The zero-order valence-electron chi connectivity index (χ0n) is 19.5. The number of benzene rings is 2. The van der Waals surface area contributed by atoms with E-state index in [9.17, 15) is 13.6 Å². The van der Waals surface area contributed by atoms with Gasteiger partial charge in [0.2, 0.25) is 0 Å². The van der Waals surface area contributed by atoms with Crippen molar-refractivity contribution in [3.05, 3.63) is 65.4 Å². The number of aromatic nitrogens is 2. The first-order chi connectivity index (χ1) is 17.3. The topological polar surface area (TPSA) is 91.2 Å². The largest absolute Gasteiger partial charge is 0.368 e. The highest BCUT2D eigenvalue weighted by Crippen LogP contribution is 2.30. The molecule has 7 nitrogen and oxygen atoms in total. The molecule has 2 aliphatic rings. The molecule has 1 aromatic heterocycles. The molecule has 0 aliphatic carbocycles. The zero-order chi connectivity index (χ0) is 25.4. The van der Waals surface area contributed by atoms with E-state index in [1.54, 1.807) is 21.9 Å². The minimum absolute atomic E-state index is 0.0592. The Kier molecular flexibility index (Phi) is 6.41. The smallest absolute Gasteiger partial charge is 0.274 e. The van der Waals surface area contributed by atoms with E-state index in [2.05, 4.69) is 5.10 Å². The van der Waals surface area contributed by atoms with Gasteiger partial charge in [0.05, 0.1) is 11.3 Å². The number of likely N-dealkylation sites (tertiary alicyclic amines) is 1. The first kappa shape index (κ1) is 23.9. The van der Waals surface area contributed by atoms with Crippen LogP contribution >= 0.6 is 0 Å². The molecule has 36 heavy (non-hydrogen) atoms. The number of nitrogens with zero attached hydrogens (tertiary/aromatic N) is 5. The molecule has 0 radical (unpaired) electrons. The van der Waals surface area contributed by atoms with E-state index < -0.39 is 17.8 Å². The van der Waals surface area contributed by atoms with Crippen molar-refractivity contribution in [1.29, 1.82) is 5.26 Å². The highest BCUT2D eigenvalue weighted by atomic mass is 19.1. The van der Waals surface area contributed by atoms with Gasteiger partial charge in [-0.25, -0.2) is 17.9 Å². The Morgan fingerprint density at radius 2 is 1.89 bits per heavy atom. The van der Waals surface area contributed by atoms with Gasteiger partial charge in [0.1, 0.15) is 23.7 Å². The molecule has 3 aromatic rings. The predicted molar refractivity (Wildman–Crippen MR) is 128 cm³/mol. The molecule has 2 atom stereocenters. The number of nitriles is 1. The third-order valence-electron chi connectivity index (χ3n) is 6.71. The third kappa shape index (κ3) is 4.54. The van der Waals surface area contributed by atoms with Crippen molar-refractivity contribution in [2.45, 2.75) is 31.5 Å². The van der Waals surface area contributed by atoms with Crippen LogP contribution in [-0.2, 0) is 0 Å². The molecule has 0 saturated carbocycles. The Hall–Kier alpha value is -3.84. The van der Waals surface area contributed by atoms with Gasteiger partial charge < -0.3 is 15.5 Å². The van der Waals surface area contributed by atoms with E-state index in [1.165, 1.54) is 35.0 Å². The molecule has 2 aromatic carbocycles. The summed E-state index contributed by atoms with van der Waals surface area (Å²) in [6.07, 6.45) is 1.04. The van der Waals surface area contributed by atoms with E-state index in [-0.39, 0.29) is 35.4 Å². The molecule has 2 fully saturated rings. The number of alkyl halides is 1. The molecule has 5 rings (SSSR count). The number of hydrogen-bond donors (Lipinski definition) is 1. The molecule has 2 N–H and O–H groups in total. The number of amides is 1. The van der Waals surface area contributed by atoms with Crippen LogP contribution in [0.15, 0.2) is 42.5 Å². The fourth-order valence-electron chi connectivity index (χ4n) is 4.81. The van der Waals surface area contributed by atoms with Crippen LogP contribution in [0.25, 0.3) is 16.9 Å². The summed E-state index contributed by atoms with van der Waals surface area (Å²) in [5.41, 5.74) is 7.21. The summed E-state index contributed by atoms with van der Waals surface area (Å²) in [6.45, 7) is 1.62. The Bertz CT molecular complexity index is 1350. The number of carbonyl (C=O) groups is 1. The molecule has 0 bridgehead atoms. The third-order valence-corrected chi connectivity index (χ3v) is 6.71. The maximum atomic E-state index is 15.4. The van der Waals surface area contributed by atoms with E-state index in [4.69, 9.17) is 11.0 Å². The van der Waals surface area contributed by atoms with E-state index >= 15 is 4.39 Å². The molecule has 10 heteroatoms. The fraction of sp³-hybridized carbons (Fsp3) is 0.346. The number of piperidine rings is 1. The number of anilines is 1. The molecule has 0 spiro atoms. The van der Waals surface area contributed by atoms with Crippen LogP contribution in [0.1, 0.15) is 35.3 Å². The molecule has 1 amide bonds. The Balaban J connectivity index is 1.57. The summed E-state index contributed by atoms with van der Waals surface area (Å²) >= 11 is 0. The lowest BCUT2D eigenvalue weighted by molar-refractivity contribution is 0.0702. The first-order valence-electron chi connectivity index (χ1n) is 11.9. The summed E-state index contributed by atoms with van der Waals surface area (Å²) in [4.78, 5) is 16.6. The van der Waals surface area contributed by atoms with Crippen LogP contribution < -0.4 is 10.6 Å². The number of halogens is 3. The number of hydrogen-bond acceptors (Lipinski definition) is 5. The maximum absolute atomic E-state index is 15.4. The van der Waals surface area contributed by atoms with Gasteiger partial charge in [0.25, 0.3) is 5.91 Å². The average Bonchev–Trinajstić information content (AvgIpc) is 3.50. The Morgan fingerprint density at radius 1 is 1.06 bits per heavy atom. The van der Waals surface area contributed by atoms with Crippen molar-refractivity contribution in [3.63, 3.8) is 0 Å². The van der Waals surface area contributed by atoms with Crippen molar-refractivity contribution >= 4 is 11.6 Å². The predicted octanol–water partition coefficient (Wildman–Crippen LogP) is 3.80. The fourth-order valence-corrected chi connectivity index (χ4v) is 4.81. The summed E-state index contributed by atoms with van der Waals surface area (Å²) in [7, 11) is 0. The molecular weight excluding hydrogens is 469 g/mol. The van der Waals surface area contributed by atoms with Gasteiger partial charge in [-0.05, 0) is 55.7 Å². The molecule has 2 aliphatic heterocycles. The van der Waals surface area contributed by atoms with Crippen LogP contribution in [0, 0.1) is 23.0 Å². The number of rotatable bonds is 4. The second-order valence-electron chi connectivity index (χ2n) is 9.25. The second-order valence-corrected chi connectivity index (χ2v) is 9.25. The number of nitrogens with two attached hydrogens (primary N) is 1. The zero-order valence-corrected chi connectivity index (χ0v) is 19.5. The molecule has 0 unspecified atom stereocenters. The summed E-state index contributed by atoms with van der Waals surface area (Å²) < 4.78 is 44.7. The normalized spacial score (nSPS) is 20.0. The van der Waals surface area contributed by atoms with Gasteiger partial charge in [-0.15, -0.1) is 0 Å². The lowest BCUT2D eigenvalue weighted by Crippen LogP contribution is -2.45. The molecule has 2 saturated heterocycles. The van der Waals surface area contributed by atoms with Crippen LogP contribution in [0.3, 0.4) is 0 Å². The Labute approximate surface area is 206 Å². The minimum Gasteiger partial charge on any atom is -0.368 e. The van der Waals surface area contributed by atoms with E-state index in [1.807, 2.05) is 0 Å². The van der Waals surface area contributed by atoms with Crippen LogP contribution in [0.4, 0.5) is 18.9 Å². The van der Waals surface area contributed by atoms with Gasteiger partial charge >= 0.3 is 0 Å². The minimum atomic E-state index is -0.951. The number of carbonyl (C=O) groups excluding carboxylic acids is 1. The average molecular weight is 495 g/mol. The van der Waals surface area contributed by atoms with Crippen LogP contribution in [0.5, 0.6) is 0 Å². The van der Waals surface area contributed by atoms with Gasteiger partial charge in [0, 0.05) is 43.5 Å². The monoisotopic (exact) mass is 494 g/mol. The van der Waals surface area contributed by atoms with Gasteiger partial charge in [-0.3, -0.25) is 4.79 Å². The highest BCUT2D eigenvalue weighted by molar-refractivity contribution is 5.93. The first-order valence-corrected chi connectivity index (χ1v) is 11.9. The lowest BCUT2D eigenvalue weighted by Gasteiger charge is -2.30. The molecule has 3 heterocycles. The standard InChI is InChI=1S/C26H25F3N6O/c27-18-7-9-33(14-18)20-5-6-24(22(29)11-20)35-25(16-3-4-17(13-30)21(28)10-16)12-23(32-35)26(36)34-8-1-2-19(31)15-34/h3-6,10-12,18-19H,1-2,7-9,14-15,31H2/t18-,19-/m1/s1. The van der Waals surface area contributed by atoms with Crippen molar-refractivity contribution in [3.8, 4) is 23.0 Å². The second kappa shape index (κ2) is 9.66. The Morgan fingerprint density at radius 3 is 2.56 bits per heavy atom. The SMILES string of the molecule is N#Cc1ccc(-c2cc(C(=O)N3CCC[C@@H](N)C3)nn2-c2ccc(N3CC[C@@H](F)C3)cc2F)cc1F. The summed E-state index contributed by atoms with van der Waals surface area (Å²) in [5, 5.41) is 13.5. The molecule has 186 valence electrons. The highest BCUT2D eigenvalue weighted by Gasteiger charge is 2.27. The van der Waals surface area contributed by atoms with Crippen molar-refractivity contribution in [2.24, 2.45) is 5.73 Å². The lowest BCUT2D eigenvalue weighted by atomic mass is 10.1. The summed E-state index contributed by atoms with van der Waals surface area (Å²) in [5.74, 6) is -1.70. The van der Waals surface area contributed by atoms with Gasteiger partial charge in [0.15, 0.2) is 11.5 Å². The van der Waals surface area contributed by atoms with Crippen molar-refractivity contribution in [2.75, 3.05) is 31.1 Å². The van der Waals surface area contributed by atoms with E-state index in [0.717, 1.165) is 18.9 Å². The van der Waals surface area contributed by atoms with Gasteiger partial charge in [-0.1, -0.05) is 6.07 Å².